The number of aryl methyl sites for hydroxylation is 1. The van der Waals surface area contributed by atoms with Crippen molar-refractivity contribution >= 4 is 5.82 Å². The second-order valence-corrected chi connectivity index (χ2v) is 5.23. The Morgan fingerprint density at radius 1 is 1.42 bits per heavy atom. The summed E-state index contributed by atoms with van der Waals surface area (Å²) in [7, 11) is 1.74. The van der Waals surface area contributed by atoms with Crippen LogP contribution in [0, 0.1) is 6.92 Å². The lowest BCUT2D eigenvalue weighted by atomic mass is 10.0. The van der Waals surface area contributed by atoms with Crippen LogP contribution in [-0.4, -0.2) is 44.4 Å². The topological polar surface area (TPSA) is 37.4 Å². The Hall–Kier alpha value is -1.13. The highest BCUT2D eigenvalue weighted by atomic mass is 16.5. The molecule has 106 valence electrons. The monoisotopic (exact) mass is 263 g/mol. The number of anilines is 1. The number of pyridine rings is 1. The largest absolute Gasteiger partial charge is 0.383 e. The molecule has 0 spiro atoms. The molecule has 4 nitrogen and oxygen atoms in total. The summed E-state index contributed by atoms with van der Waals surface area (Å²) < 4.78 is 5.07. The minimum absolute atomic E-state index is 0.556. The molecule has 1 aromatic heterocycles. The van der Waals surface area contributed by atoms with E-state index in [1.807, 2.05) is 6.20 Å². The number of aromatic nitrogens is 1. The van der Waals surface area contributed by atoms with Gasteiger partial charge in [0.05, 0.1) is 6.61 Å². The van der Waals surface area contributed by atoms with Crippen LogP contribution >= 0.6 is 0 Å². The minimum Gasteiger partial charge on any atom is -0.383 e. The summed E-state index contributed by atoms with van der Waals surface area (Å²) >= 11 is 0. The average Bonchev–Trinajstić information content (AvgIpc) is 2.45. The van der Waals surface area contributed by atoms with Gasteiger partial charge in [0.1, 0.15) is 5.82 Å². The number of rotatable bonds is 6. The fourth-order valence-corrected chi connectivity index (χ4v) is 2.59. The van der Waals surface area contributed by atoms with Crippen LogP contribution in [0.15, 0.2) is 18.3 Å². The molecule has 4 heteroatoms. The highest BCUT2D eigenvalue weighted by Crippen LogP contribution is 2.22. The van der Waals surface area contributed by atoms with Crippen molar-refractivity contribution in [3.05, 3.63) is 23.9 Å². The molecular formula is C15H25N3O. The molecule has 2 rings (SSSR count). The first-order valence-electron chi connectivity index (χ1n) is 7.20. The fourth-order valence-electron chi connectivity index (χ4n) is 2.59. The summed E-state index contributed by atoms with van der Waals surface area (Å²) in [6.45, 7) is 5.90. The molecule has 1 saturated heterocycles. The van der Waals surface area contributed by atoms with E-state index in [0.29, 0.717) is 6.04 Å². The van der Waals surface area contributed by atoms with Gasteiger partial charge in [-0.25, -0.2) is 4.98 Å². The smallest absolute Gasteiger partial charge is 0.128 e. The van der Waals surface area contributed by atoms with Crippen LogP contribution in [0.3, 0.4) is 0 Å². The lowest BCUT2D eigenvalue weighted by Gasteiger charge is -2.37. The molecule has 2 heterocycles. The standard InChI is InChI=1S/C15H25N3O/c1-13-6-7-15(17-11-13)18-9-4-3-5-14(18)12-16-8-10-19-2/h6-7,11,14,16H,3-5,8-10,12H2,1-2H3. The maximum atomic E-state index is 5.07. The molecule has 0 amide bonds. The number of hydrogen-bond acceptors (Lipinski definition) is 4. The summed E-state index contributed by atoms with van der Waals surface area (Å²) in [5.41, 5.74) is 1.22. The van der Waals surface area contributed by atoms with Crippen molar-refractivity contribution in [1.29, 1.82) is 0 Å². The highest BCUT2D eigenvalue weighted by molar-refractivity contribution is 5.41. The molecule has 19 heavy (non-hydrogen) atoms. The Kier molecular flexibility index (Phi) is 5.61. The van der Waals surface area contributed by atoms with Crippen molar-refractivity contribution < 1.29 is 4.74 Å². The third-order valence-corrected chi connectivity index (χ3v) is 3.68. The molecule has 1 aromatic rings. The van der Waals surface area contributed by atoms with Crippen molar-refractivity contribution in [3.8, 4) is 0 Å². The zero-order valence-corrected chi connectivity index (χ0v) is 12.1. The van der Waals surface area contributed by atoms with Gasteiger partial charge in [-0.05, 0) is 37.8 Å². The normalized spacial score (nSPS) is 19.7. The van der Waals surface area contributed by atoms with Crippen molar-refractivity contribution in [2.75, 3.05) is 38.3 Å². The van der Waals surface area contributed by atoms with E-state index >= 15 is 0 Å². The van der Waals surface area contributed by atoms with Gasteiger partial charge in [0.15, 0.2) is 0 Å². The van der Waals surface area contributed by atoms with Gasteiger partial charge in [0.2, 0.25) is 0 Å². The van der Waals surface area contributed by atoms with Gasteiger partial charge in [-0.3, -0.25) is 0 Å². The Bertz CT molecular complexity index is 366. The van der Waals surface area contributed by atoms with Gasteiger partial charge in [-0.15, -0.1) is 0 Å². The molecule has 0 bridgehead atoms. The molecular weight excluding hydrogens is 238 g/mol. The van der Waals surface area contributed by atoms with E-state index in [-0.39, 0.29) is 0 Å². The number of hydrogen-bond donors (Lipinski definition) is 1. The van der Waals surface area contributed by atoms with E-state index in [1.54, 1.807) is 7.11 Å². The van der Waals surface area contributed by atoms with E-state index in [9.17, 15) is 0 Å². The summed E-state index contributed by atoms with van der Waals surface area (Å²) in [6, 6.07) is 4.84. The van der Waals surface area contributed by atoms with E-state index in [2.05, 4.69) is 34.3 Å². The maximum Gasteiger partial charge on any atom is 0.128 e. The van der Waals surface area contributed by atoms with Crippen molar-refractivity contribution in [2.45, 2.75) is 32.2 Å². The number of nitrogens with one attached hydrogen (secondary N) is 1. The summed E-state index contributed by atoms with van der Waals surface area (Å²) in [6.07, 6.45) is 5.79. The van der Waals surface area contributed by atoms with Gasteiger partial charge in [0, 0.05) is 39.0 Å². The SMILES string of the molecule is COCCNCC1CCCCN1c1ccc(C)cn1. The second-order valence-electron chi connectivity index (χ2n) is 5.23. The lowest BCUT2D eigenvalue weighted by molar-refractivity contribution is 0.198. The molecule has 1 atom stereocenters. The van der Waals surface area contributed by atoms with Crippen LogP contribution in [0.5, 0.6) is 0 Å². The minimum atomic E-state index is 0.556. The Morgan fingerprint density at radius 2 is 2.32 bits per heavy atom. The number of methoxy groups -OCH3 is 1. The van der Waals surface area contributed by atoms with Gasteiger partial charge in [-0.1, -0.05) is 6.07 Å². The Labute approximate surface area is 116 Å². The first kappa shape index (κ1) is 14.3. The molecule has 0 aromatic carbocycles. The predicted octanol–water partition coefficient (Wildman–Crippen LogP) is 1.98. The van der Waals surface area contributed by atoms with E-state index in [4.69, 9.17) is 4.74 Å². The number of ether oxygens (including phenoxy) is 1. The lowest BCUT2D eigenvalue weighted by Crippen LogP contribution is -2.46. The van der Waals surface area contributed by atoms with Crippen LogP contribution in [0.25, 0.3) is 0 Å². The zero-order valence-electron chi connectivity index (χ0n) is 12.1. The summed E-state index contributed by atoms with van der Waals surface area (Å²) in [5.74, 6) is 1.11. The first-order valence-corrected chi connectivity index (χ1v) is 7.20. The van der Waals surface area contributed by atoms with Crippen molar-refractivity contribution in [1.82, 2.24) is 10.3 Å². The van der Waals surface area contributed by atoms with E-state index in [0.717, 1.165) is 32.1 Å². The molecule has 0 saturated carbocycles. The predicted molar refractivity (Wildman–Crippen MR) is 78.7 cm³/mol. The van der Waals surface area contributed by atoms with Crippen LogP contribution in [0.4, 0.5) is 5.82 Å². The quantitative estimate of drug-likeness (QED) is 0.796. The second kappa shape index (κ2) is 7.46. The Morgan fingerprint density at radius 3 is 3.05 bits per heavy atom. The average molecular weight is 263 g/mol. The molecule has 1 aliphatic heterocycles. The van der Waals surface area contributed by atoms with Gasteiger partial charge in [-0.2, -0.15) is 0 Å². The summed E-state index contributed by atoms with van der Waals surface area (Å²) in [5, 5.41) is 3.47. The zero-order chi connectivity index (χ0) is 13.5. The summed E-state index contributed by atoms with van der Waals surface area (Å²) in [4.78, 5) is 7.02. The van der Waals surface area contributed by atoms with Crippen LogP contribution in [0.1, 0.15) is 24.8 Å². The van der Waals surface area contributed by atoms with Gasteiger partial charge in [0.25, 0.3) is 0 Å². The van der Waals surface area contributed by atoms with Gasteiger partial charge >= 0.3 is 0 Å². The van der Waals surface area contributed by atoms with Crippen molar-refractivity contribution in [3.63, 3.8) is 0 Å². The molecule has 1 fully saturated rings. The van der Waals surface area contributed by atoms with Crippen LogP contribution in [0.2, 0.25) is 0 Å². The van der Waals surface area contributed by atoms with Crippen LogP contribution in [-0.2, 0) is 4.74 Å². The molecule has 1 aliphatic rings. The number of nitrogens with zero attached hydrogens (tertiary/aromatic N) is 2. The van der Waals surface area contributed by atoms with Crippen LogP contribution < -0.4 is 10.2 Å². The number of piperidine rings is 1. The molecule has 1 unspecified atom stereocenters. The third kappa shape index (κ3) is 4.18. The molecule has 0 radical (unpaired) electrons. The first-order chi connectivity index (χ1) is 9.31. The van der Waals surface area contributed by atoms with Crippen molar-refractivity contribution in [2.24, 2.45) is 0 Å². The third-order valence-electron chi connectivity index (χ3n) is 3.68. The Balaban J connectivity index is 1.93. The molecule has 0 aliphatic carbocycles. The maximum absolute atomic E-state index is 5.07. The van der Waals surface area contributed by atoms with E-state index in [1.165, 1.54) is 24.8 Å². The molecule has 1 N–H and O–H groups in total. The fraction of sp³-hybridized carbons (Fsp3) is 0.667. The van der Waals surface area contributed by atoms with Gasteiger partial charge < -0.3 is 15.0 Å². The van der Waals surface area contributed by atoms with E-state index < -0.39 is 0 Å². The highest BCUT2D eigenvalue weighted by Gasteiger charge is 2.22.